The van der Waals surface area contributed by atoms with E-state index in [1.54, 1.807) is 0 Å². The summed E-state index contributed by atoms with van der Waals surface area (Å²) in [5.74, 6) is -0.759. The van der Waals surface area contributed by atoms with Crippen molar-refractivity contribution < 1.29 is 9.90 Å². The van der Waals surface area contributed by atoms with E-state index in [1.807, 2.05) is 0 Å². The predicted octanol–water partition coefficient (Wildman–Crippen LogP) is 0.245. The first-order valence-electron chi connectivity index (χ1n) is 5.57. The number of aliphatic carboxylic acids is 1. The van der Waals surface area contributed by atoms with E-state index in [2.05, 4.69) is 5.32 Å². The SMILES string of the molecule is NCCCCCN[C@H](N)CCCC(=O)O. The van der Waals surface area contributed by atoms with Crippen molar-refractivity contribution in [1.82, 2.24) is 5.32 Å². The van der Waals surface area contributed by atoms with Crippen LogP contribution < -0.4 is 16.8 Å². The molecule has 6 N–H and O–H groups in total. The molecule has 90 valence electrons. The molecule has 0 aromatic carbocycles. The van der Waals surface area contributed by atoms with Gasteiger partial charge in [-0.25, -0.2) is 0 Å². The lowest BCUT2D eigenvalue weighted by Gasteiger charge is -2.12. The van der Waals surface area contributed by atoms with Gasteiger partial charge in [0, 0.05) is 6.42 Å². The monoisotopic (exact) mass is 217 g/mol. The summed E-state index contributed by atoms with van der Waals surface area (Å²) in [6, 6.07) is 0. The second-order valence-electron chi connectivity index (χ2n) is 3.70. The zero-order valence-corrected chi connectivity index (χ0v) is 9.24. The van der Waals surface area contributed by atoms with Gasteiger partial charge in [-0.1, -0.05) is 6.42 Å². The van der Waals surface area contributed by atoms with Gasteiger partial charge in [0.15, 0.2) is 0 Å². The van der Waals surface area contributed by atoms with Gasteiger partial charge in [0.1, 0.15) is 0 Å². The molecule has 0 aliphatic carbocycles. The predicted molar refractivity (Wildman–Crippen MR) is 60.4 cm³/mol. The standard InChI is InChI=1S/C10H23N3O2/c11-7-2-1-3-8-13-9(12)5-4-6-10(14)15/h9,13H,1-8,11-12H2,(H,14,15)/t9-/m0/s1. The summed E-state index contributed by atoms with van der Waals surface area (Å²) in [5, 5.41) is 11.6. The van der Waals surface area contributed by atoms with Gasteiger partial charge in [-0.15, -0.1) is 0 Å². The van der Waals surface area contributed by atoms with Crippen LogP contribution >= 0.6 is 0 Å². The summed E-state index contributed by atoms with van der Waals surface area (Å²) in [7, 11) is 0. The molecule has 0 heterocycles. The van der Waals surface area contributed by atoms with Crippen molar-refractivity contribution in [3.8, 4) is 0 Å². The number of nitrogens with one attached hydrogen (secondary N) is 1. The van der Waals surface area contributed by atoms with E-state index in [1.165, 1.54) is 0 Å². The Labute approximate surface area is 91.2 Å². The Hall–Kier alpha value is -0.650. The summed E-state index contributed by atoms with van der Waals surface area (Å²) in [6.45, 7) is 1.62. The first kappa shape index (κ1) is 14.3. The summed E-state index contributed by atoms with van der Waals surface area (Å²) in [4.78, 5) is 10.2. The molecule has 0 spiro atoms. The number of nitrogens with two attached hydrogens (primary N) is 2. The lowest BCUT2D eigenvalue weighted by molar-refractivity contribution is -0.137. The third-order valence-corrected chi connectivity index (χ3v) is 2.19. The van der Waals surface area contributed by atoms with Crippen LogP contribution in [0.2, 0.25) is 0 Å². The molecule has 0 fully saturated rings. The molecule has 0 rings (SSSR count). The van der Waals surface area contributed by atoms with Gasteiger partial charge >= 0.3 is 5.97 Å². The smallest absolute Gasteiger partial charge is 0.303 e. The molecular formula is C10H23N3O2. The topological polar surface area (TPSA) is 101 Å². The lowest BCUT2D eigenvalue weighted by atomic mass is 10.2. The van der Waals surface area contributed by atoms with Crippen LogP contribution in [-0.4, -0.2) is 30.3 Å². The van der Waals surface area contributed by atoms with Gasteiger partial charge in [-0.2, -0.15) is 0 Å². The Morgan fingerprint density at radius 1 is 1.27 bits per heavy atom. The quantitative estimate of drug-likeness (QED) is 0.310. The Kier molecular flexibility index (Phi) is 9.46. The number of hydrogen-bond donors (Lipinski definition) is 4. The molecule has 0 aliphatic rings. The van der Waals surface area contributed by atoms with Gasteiger partial charge in [-0.05, 0) is 38.8 Å². The van der Waals surface area contributed by atoms with Gasteiger partial charge < -0.3 is 21.9 Å². The molecule has 0 aromatic heterocycles. The van der Waals surface area contributed by atoms with Crippen molar-refractivity contribution in [2.45, 2.75) is 44.7 Å². The highest BCUT2D eigenvalue weighted by Crippen LogP contribution is 1.98. The van der Waals surface area contributed by atoms with Crippen LogP contribution in [0.5, 0.6) is 0 Å². The number of carboxylic acids is 1. The number of carbonyl (C=O) groups is 1. The molecule has 0 saturated carbocycles. The van der Waals surface area contributed by atoms with Crippen molar-refractivity contribution in [2.75, 3.05) is 13.1 Å². The summed E-state index contributed by atoms with van der Waals surface area (Å²) in [6.07, 6.45) is 4.70. The van der Waals surface area contributed by atoms with E-state index in [0.29, 0.717) is 12.8 Å². The fourth-order valence-electron chi connectivity index (χ4n) is 1.31. The Morgan fingerprint density at radius 3 is 2.60 bits per heavy atom. The van der Waals surface area contributed by atoms with E-state index in [9.17, 15) is 4.79 Å². The molecule has 1 atom stereocenters. The highest BCUT2D eigenvalue weighted by Gasteiger charge is 2.02. The summed E-state index contributed by atoms with van der Waals surface area (Å²) in [5.41, 5.74) is 11.1. The molecule has 0 saturated heterocycles. The van der Waals surface area contributed by atoms with Gasteiger partial charge in [0.2, 0.25) is 0 Å². The van der Waals surface area contributed by atoms with Gasteiger partial charge in [0.05, 0.1) is 6.17 Å². The van der Waals surface area contributed by atoms with E-state index < -0.39 is 5.97 Å². The maximum Gasteiger partial charge on any atom is 0.303 e. The Bertz CT molecular complexity index is 165. The highest BCUT2D eigenvalue weighted by atomic mass is 16.4. The molecule has 0 aromatic rings. The van der Waals surface area contributed by atoms with Crippen LogP contribution in [0.15, 0.2) is 0 Å². The lowest BCUT2D eigenvalue weighted by Crippen LogP contribution is -2.37. The Morgan fingerprint density at radius 2 is 2.00 bits per heavy atom. The molecular weight excluding hydrogens is 194 g/mol. The average molecular weight is 217 g/mol. The zero-order valence-electron chi connectivity index (χ0n) is 9.24. The summed E-state index contributed by atoms with van der Waals surface area (Å²) >= 11 is 0. The summed E-state index contributed by atoms with van der Waals surface area (Å²) < 4.78 is 0. The first-order chi connectivity index (χ1) is 7.16. The van der Waals surface area contributed by atoms with Crippen LogP contribution in [0.3, 0.4) is 0 Å². The maximum absolute atomic E-state index is 10.2. The van der Waals surface area contributed by atoms with Crippen molar-refractivity contribution in [3.63, 3.8) is 0 Å². The van der Waals surface area contributed by atoms with Crippen LogP contribution in [0.25, 0.3) is 0 Å². The van der Waals surface area contributed by atoms with Crippen LogP contribution in [0.4, 0.5) is 0 Å². The maximum atomic E-state index is 10.2. The van der Waals surface area contributed by atoms with E-state index >= 15 is 0 Å². The first-order valence-corrected chi connectivity index (χ1v) is 5.57. The Balaban J connectivity index is 3.18. The number of rotatable bonds is 10. The van der Waals surface area contributed by atoms with E-state index in [4.69, 9.17) is 16.6 Å². The highest BCUT2D eigenvalue weighted by molar-refractivity contribution is 5.66. The number of carboxylic acid groups (broad SMARTS) is 1. The average Bonchev–Trinajstić information content (AvgIpc) is 2.17. The fraction of sp³-hybridized carbons (Fsp3) is 0.900. The molecule has 15 heavy (non-hydrogen) atoms. The minimum atomic E-state index is -0.759. The molecule has 0 unspecified atom stereocenters. The van der Waals surface area contributed by atoms with E-state index in [-0.39, 0.29) is 12.6 Å². The van der Waals surface area contributed by atoms with Crippen molar-refractivity contribution in [3.05, 3.63) is 0 Å². The second kappa shape index (κ2) is 9.89. The normalized spacial score (nSPS) is 12.7. The molecule has 0 radical (unpaired) electrons. The van der Waals surface area contributed by atoms with Crippen LogP contribution in [0.1, 0.15) is 38.5 Å². The van der Waals surface area contributed by atoms with Crippen molar-refractivity contribution in [1.29, 1.82) is 0 Å². The number of unbranched alkanes of at least 4 members (excludes halogenated alkanes) is 2. The van der Waals surface area contributed by atoms with E-state index in [0.717, 1.165) is 32.4 Å². The third-order valence-electron chi connectivity index (χ3n) is 2.19. The molecule has 0 bridgehead atoms. The minimum Gasteiger partial charge on any atom is -0.481 e. The third kappa shape index (κ3) is 11.3. The molecule has 5 heteroatoms. The minimum absolute atomic E-state index is 0.0813. The fourth-order valence-corrected chi connectivity index (χ4v) is 1.31. The van der Waals surface area contributed by atoms with Crippen LogP contribution in [-0.2, 0) is 4.79 Å². The van der Waals surface area contributed by atoms with Crippen molar-refractivity contribution in [2.24, 2.45) is 11.5 Å². The van der Waals surface area contributed by atoms with Crippen LogP contribution in [0, 0.1) is 0 Å². The van der Waals surface area contributed by atoms with Crippen molar-refractivity contribution >= 4 is 5.97 Å². The van der Waals surface area contributed by atoms with Gasteiger partial charge in [-0.3, -0.25) is 4.79 Å². The molecule has 0 amide bonds. The van der Waals surface area contributed by atoms with Gasteiger partial charge in [0.25, 0.3) is 0 Å². The zero-order chi connectivity index (χ0) is 11.5. The molecule has 5 nitrogen and oxygen atoms in total. The number of hydrogen-bond acceptors (Lipinski definition) is 4. The molecule has 0 aliphatic heterocycles. The second-order valence-corrected chi connectivity index (χ2v) is 3.70. The largest absolute Gasteiger partial charge is 0.481 e.